The molecule has 0 fully saturated rings. The first-order valence-electron chi connectivity index (χ1n) is 7.26. The van der Waals surface area contributed by atoms with Crippen molar-refractivity contribution in [1.82, 2.24) is 5.43 Å². The molecule has 0 aliphatic rings. The number of hydrazone groups is 1. The summed E-state index contributed by atoms with van der Waals surface area (Å²) >= 11 is 5.97. The van der Waals surface area contributed by atoms with Crippen LogP contribution in [0, 0.1) is 0 Å². The van der Waals surface area contributed by atoms with Crippen LogP contribution in [0.3, 0.4) is 0 Å². The van der Waals surface area contributed by atoms with Crippen molar-refractivity contribution in [1.29, 1.82) is 0 Å². The van der Waals surface area contributed by atoms with Crippen LogP contribution in [0.4, 0.5) is 0 Å². The Balaban J connectivity index is 2.11. The molecule has 0 bridgehead atoms. The van der Waals surface area contributed by atoms with Crippen molar-refractivity contribution >= 4 is 29.7 Å². The SMILES string of the molecule is COC(=O)CCCCCCC(=O)NN=Cc1ccccc1Cl. The van der Waals surface area contributed by atoms with Gasteiger partial charge in [0.05, 0.1) is 13.3 Å². The number of nitrogens with zero attached hydrogens (tertiary/aromatic N) is 1. The van der Waals surface area contributed by atoms with Crippen molar-refractivity contribution in [3.8, 4) is 0 Å². The molecule has 0 spiro atoms. The van der Waals surface area contributed by atoms with Crippen molar-refractivity contribution in [3.63, 3.8) is 0 Å². The van der Waals surface area contributed by atoms with Gasteiger partial charge in [-0.2, -0.15) is 5.10 Å². The van der Waals surface area contributed by atoms with Gasteiger partial charge in [0.15, 0.2) is 0 Å². The van der Waals surface area contributed by atoms with Crippen molar-refractivity contribution in [3.05, 3.63) is 34.9 Å². The van der Waals surface area contributed by atoms with Crippen LogP contribution in [0.2, 0.25) is 5.02 Å². The maximum atomic E-state index is 11.6. The van der Waals surface area contributed by atoms with Crippen LogP contribution in [0.1, 0.15) is 44.1 Å². The fourth-order valence-electron chi connectivity index (χ4n) is 1.82. The Hall–Kier alpha value is -1.88. The second-order valence-electron chi connectivity index (χ2n) is 4.81. The van der Waals surface area contributed by atoms with Gasteiger partial charge >= 0.3 is 5.97 Å². The molecule has 6 heteroatoms. The average molecular weight is 325 g/mol. The lowest BCUT2D eigenvalue weighted by atomic mass is 10.1. The monoisotopic (exact) mass is 324 g/mol. The molecule has 0 aliphatic carbocycles. The number of nitrogens with one attached hydrogen (secondary N) is 1. The average Bonchev–Trinajstić information content (AvgIpc) is 2.52. The highest BCUT2D eigenvalue weighted by atomic mass is 35.5. The van der Waals surface area contributed by atoms with E-state index in [0.717, 1.165) is 31.2 Å². The molecule has 1 aromatic rings. The number of hydrogen-bond acceptors (Lipinski definition) is 4. The van der Waals surface area contributed by atoms with Crippen LogP contribution in [0.5, 0.6) is 0 Å². The van der Waals surface area contributed by atoms with E-state index < -0.39 is 0 Å². The Kier molecular flexibility index (Phi) is 8.91. The number of methoxy groups -OCH3 is 1. The van der Waals surface area contributed by atoms with Gasteiger partial charge in [-0.1, -0.05) is 42.6 Å². The van der Waals surface area contributed by atoms with Crippen LogP contribution in [-0.2, 0) is 14.3 Å². The van der Waals surface area contributed by atoms with E-state index >= 15 is 0 Å². The summed E-state index contributed by atoms with van der Waals surface area (Å²) in [7, 11) is 1.38. The standard InChI is InChI=1S/C16H21ClN2O3/c1-22-16(21)11-5-3-2-4-10-15(20)19-18-12-13-8-6-7-9-14(13)17/h6-9,12H,2-5,10-11H2,1H3,(H,19,20). The van der Waals surface area contributed by atoms with Crippen LogP contribution < -0.4 is 5.43 Å². The van der Waals surface area contributed by atoms with E-state index in [1.54, 1.807) is 6.07 Å². The Bertz CT molecular complexity index is 518. The minimum atomic E-state index is -0.188. The number of ether oxygens (including phenoxy) is 1. The molecule has 1 rings (SSSR count). The molecule has 0 saturated carbocycles. The van der Waals surface area contributed by atoms with E-state index in [0.29, 0.717) is 17.9 Å². The summed E-state index contributed by atoms with van der Waals surface area (Å²) in [5, 5.41) is 4.47. The second kappa shape index (κ2) is 10.8. The molecule has 0 unspecified atom stereocenters. The first-order chi connectivity index (χ1) is 10.6. The van der Waals surface area contributed by atoms with Gasteiger partial charge in [-0.3, -0.25) is 9.59 Å². The number of carbonyl (C=O) groups is 2. The lowest BCUT2D eigenvalue weighted by molar-refractivity contribution is -0.140. The Morgan fingerprint density at radius 3 is 2.55 bits per heavy atom. The van der Waals surface area contributed by atoms with Gasteiger partial charge in [-0.25, -0.2) is 5.43 Å². The van der Waals surface area contributed by atoms with E-state index in [9.17, 15) is 9.59 Å². The summed E-state index contributed by atoms with van der Waals surface area (Å²) in [5.74, 6) is -0.317. The number of amides is 1. The van der Waals surface area contributed by atoms with Crippen molar-refractivity contribution in [2.24, 2.45) is 5.10 Å². The molecule has 22 heavy (non-hydrogen) atoms. The van der Waals surface area contributed by atoms with Crippen molar-refractivity contribution < 1.29 is 14.3 Å². The Morgan fingerprint density at radius 1 is 1.18 bits per heavy atom. The van der Waals surface area contributed by atoms with E-state index in [1.165, 1.54) is 13.3 Å². The van der Waals surface area contributed by atoms with Crippen LogP contribution in [-0.4, -0.2) is 25.2 Å². The third-order valence-corrected chi connectivity index (χ3v) is 3.40. The second-order valence-corrected chi connectivity index (χ2v) is 5.21. The van der Waals surface area contributed by atoms with Gasteiger partial charge in [0.25, 0.3) is 0 Å². The van der Waals surface area contributed by atoms with Gasteiger partial charge < -0.3 is 4.74 Å². The van der Waals surface area contributed by atoms with E-state index in [4.69, 9.17) is 11.6 Å². The Morgan fingerprint density at radius 2 is 1.86 bits per heavy atom. The quantitative estimate of drug-likeness (QED) is 0.328. The number of esters is 1. The molecule has 0 atom stereocenters. The predicted molar refractivity (Wildman–Crippen MR) is 86.9 cm³/mol. The summed E-state index contributed by atoms with van der Waals surface area (Å²) < 4.78 is 4.56. The van der Waals surface area contributed by atoms with Gasteiger partial charge in [-0.15, -0.1) is 0 Å². The molecule has 5 nitrogen and oxygen atoms in total. The summed E-state index contributed by atoms with van der Waals surface area (Å²) in [5.41, 5.74) is 3.23. The van der Waals surface area contributed by atoms with Crippen LogP contribution in [0.15, 0.2) is 29.4 Å². The number of hydrogen-bond donors (Lipinski definition) is 1. The first-order valence-corrected chi connectivity index (χ1v) is 7.64. The topological polar surface area (TPSA) is 67.8 Å². The number of rotatable bonds is 9. The predicted octanol–water partition coefficient (Wildman–Crippen LogP) is 3.30. The number of carbonyl (C=O) groups excluding carboxylic acids is 2. The molecule has 0 aliphatic heterocycles. The molecule has 0 heterocycles. The minimum Gasteiger partial charge on any atom is -0.469 e. The van der Waals surface area contributed by atoms with Crippen LogP contribution in [0.25, 0.3) is 0 Å². The number of unbranched alkanes of at least 4 members (excludes halogenated alkanes) is 3. The van der Waals surface area contributed by atoms with E-state index in [1.807, 2.05) is 18.2 Å². The molecule has 0 saturated heterocycles. The number of benzene rings is 1. The smallest absolute Gasteiger partial charge is 0.305 e. The highest BCUT2D eigenvalue weighted by Gasteiger charge is 2.02. The molecule has 0 radical (unpaired) electrons. The molecule has 1 aromatic carbocycles. The summed E-state index contributed by atoms with van der Waals surface area (Å²) in [4.78, 5) is 22.5. The molecule has 1 N–H and O–H groups in total. The van der Waals surface area contributed by atoms with Crippen molar-refractivity contribution in [2.75, 3.05) is 7.11 Å². The summed E-state index contributed by atoms with van der Waals surface area (Å²) in [6.07, 6.45) is 5.75. The fourth-order valence-corrected chi connectivity index (χ4v) is 2.00. The largest absolute Gasteiger partial charge is 0.469 e. The van der Waals surface area contributed by atoms with Crippen LogP contribution >= 0.6 is 11.6 Å². The lowest BCUT2D eigenvalue weighted by Crippen LogP contribution is -2.16. The van der Waals surface area contributed by atoms with Gasteiger partial charge in [-0.05, 0) is 18.9 Å². The van der Waals surface area contributed by atoms with Crippen molar-refractivity contribution in [2.45, 2.75) is 38.5 Å². The zero-order chi connectivity index (χ0) is 16.2. The summed E-state index contributed by atoms with van der Waals surface area (Å²) in [6.45, 7) is 0. The highest BCUT2D eigenvalue weighted by molar-refractivity contribution is 6.33. The molecular formula is C16H21ClN2O3. The fraction of sp³-hybridized carbons (Fsp3) is 0.438. The number of halogens is 1. The first kappa shape index (κ1) is 18.2. The Labute approximate surface area is 135 Å². The maximum Gasteiger partial charge on any atom is 0.305 e. The third-order valence-electron chi connectivity index (χ3n) is 3.06. The molecular weight excluding hydrogens is 304 g/mol. The zero-order valence-electron chi connectivity index (χ0n) is 12.7. The third kappa shape index (κ3) is 7.78. The van der Waals surface area contributed by atoms with E-state index in [-0.39, 0.29) is 11.9 Å². The van der Waals surface area contributed by atoms with Gasteiger partial charge in [0.1, 0.15) is 0 Å². The molecule has 120 valence electrons. The zero-order valence-corrected chi connectivity index (χ0v) is 13.4. The lowest BCUT2D eigenvalue weighted by Gasteiger charge is -2.01. The maximum absolute atomic E-state index is 11.6. The van der Waals surface area contributed by atoms with E-state index in [2.05, 4.69) is 15.3 Å². The molecule has 0 aromatic heterocycles. The normalized spacial score (nSPS) is 10.6. The van der Waals surface area contributed by atoms with Gasteiger partial charge in [0, 0.05) is 23.4 Å². The molecule has 1 amide bonds. The minimum absolute atomic E-state index is 0.128. The highest BCUT2D eigenvalue weighted by Crippen LogP contribution is 2.12. The summed E-state index contributed by atoms with van der Waals surface area (Å²) in [6, 6.07) is 7.26. The van der Waals surface area contributed by atoms with Gasteiger partial charge in [0.2, 0.25) is 5.91 Å².